The van der Waals surface area contributed by atoms with Crippen LogP contribution in [0.1, 0.15) is 6.42 Å². The Morgan fingerprint density at radius 2 is 1.33 bits per heavy atom. The van der Waals surface area contributed by atoms with E-state index >= 15 is 0 Å². The van der Waals surface area contributed by atoms with Crippen molar-refractivity contribution in [2.75, 3.05) is 6.16 Å². The van der Waals surface area contributed by atoms with E-state index < -0.39 is 7.14 Å². The molecule has 18 heavy (non-hydrogen) atoms. The highest BCUT2D eigenvalue weighted by molar-refractivity contribution is 8.08. The summed E-state index contributed by atoms with van der Waals surface area (Å²) in [6.07, 6.45) is 3.88. The Kier molecular flexibility index (Phi) is 4.39. The van der Waals surface area contributed by atoms with Gasteiger partial charge in [0, 0.05) is 16.8 Å². The van der Waals surface area contributed by atoms with Gasteiger partial charge in [-0.3, -0.25) is 7.57 Å². The van der Waals surface area contributed by atoms with Crippen LogP contribution < -0.4 is 10.6 Å². The lowest BCUT2D eigenvalue weighted by Gasteiger charge is -2.36. The fraction of sp³-hybridized carbons (Fsp3) is 0.125. The van der Waals surface area contributed by atoms with E-state index in [0.29, 0.717) is 0 Å². The highest BCUT2D eigenvalue weighted by Gasteiger charge is 2.22. The molecule has 0 N–H and O–H groups in total. The summed E-state index contributed by atoms with van der Waals surface area (Å²) in [6, 6.07) is 20.9. The first kappa shape index (κ1) is 13.1. The molecule has 0 saturated heterocycles. The van der Waals surface area contributed by atoms with Gasteiger partial charge in [-0.25, -0.2) is 0 Å². The monoisotopic (exact) mass is 251 g/mol. The number of hydrogen-bond acceptors (Lipinski definition) is 0. The van der Waals surface area contributed by atoms with Gasteiger partial charge in [-0.05, 0) is 30.7 Å². The zero-order chi connectivity index (χ0) is 12.8. The molecule has 0 atom stereocenters. The van der Waals surface area contributed by atoms with E-state index in [1.807, 2.05) is 18.2 Å². The lowest BCUT2D eigenvalue weighted by molar-refractivity contribution is 1.24. The first-order valence-corrected chi connectivity index (χ1v) is 8.20. The molecule has 2 aromatic carbocycles. The predicted octanol–water partition coefficient (Wildman–Crippen LogP) is 3.31. The Morgan fingerprint density at radius 3 is 1.72 bits per heavy atom. The number of allylic oxidation sites excluding steroid dienone is 1. The second-order valence-electron chi connectivity index (χ2n) is 4.34. The van der Waals surface area contributed by atoms with E-state index in [-0.39, 0.29) is 0 Å². The maximum atomic E-state index is 6.79. The van der Waals surface area contributed by atoms with Gasteiger partial charge in [0.2, 0.25) is 0 Å². The summed E-state index contributed by atoms with van der Waals surface area (Å²) >= 11 is 0. The van der Waals surface area contributed by atoms with Crippen LogP contribution in [-0.2, 0) is 0 Å². The molecule has 0 aliphatic rings. The van der Waals surface area contributed by atoms with Crippen molar-refractivity contribution in [2.45, 2.75) is 6.42 Å². The summed E-state index contributed by atoms with van der Waals surface area (Å²) in [6.45, 7) is 3.81. The molecule has 0 unspecified atom stereocenters. The highest BCUT2D eigenvalue weighted by atomic mass is 31.2. The van der Waals surface area contributed by atoms with Gasteiger partial charge in [-0.1, -0.05) is 42.5 Å². The summed E-state index contributed by atoms with van der Waals surface area (Å²) in [4.78, 5) is 0. The number of benzene rings is 2. The SMILES string of the molecule is [B-][P+](CCC=C)(c1ccccc1)c1ccccc1. The zero-order valence-corrected chi connectivity index (χ0v) is 11.4. The van der Waals surface area contributed by atoms with Crippen LogP contribution in [0, 0.1) is 0 Å². The van der Waals surface area contributed by atoms with Gasteiger partial charge in [0.15, 0.2) is 0 Å². The molecule has 0 nitrogen and oxygen atoms in total. The zero-order valence-electron chi connectivity index (χ0n) is 10.5. The van der Waals surface area contributed by atoms with Crippen molar-refractivity contribution in [3.8, 4) is 0 Å². The second kappa shape index (κ2) is 6.02. The van der Waals surface area contributed by atoms with Gasteiger partial charge >= 0.3 is 0 Å². The van der Waals surface area contributed by atoms with Crippen LogP contribution >= 0.6 is 7.14 Å². The third-order valence-electron chi connectivity index (χ3n) is 3.12. The molecule has 0 amide bonds. The molecule has 2 heteroatoms. The summed E-state index contributed by atoms with van der Waals surface area (Å²) < 4.78 is 0. The minimum Gasteiger partial charge on any atom is -0.292 e. The molecular formula is C16H17BP. The van der Waals surface area contributed by atoms with E-state index in [1.54, 1.807) is 0 Å². The largest absolute Gasteiger partial charge is 0.292 e. The van der Waals surface area contributed by atoms with Crippen molar-refractivity contribution in [3.05, 3.63) is 73.3 Å². The maximum absolute atomic E-state index is 6.79. The second-order valence-corrected chi connectivity index (χ2v) is 7.56. The topological polar surface area (TPSA) is 0 Å². The molecule has 0 aromatic heterocycles. The fourth-order valence-electron chi connectivity index (χ4n) is 2.09. The summed E-state index contributed by atoms with van der Waals surface area (Å²) in [7, 11) is 5.03. The van der Waals surface area contributed by atoms with Crippen LogP contribution in [0.3, 0.4) is 0 Å². The summed E-state index contributed by atoms with van der Waals surface area (Å²) in [5.74, 6) is 0. The molecule has 0 aliphatic heterocycles. The van der Waals surface area contributed by atoms with Crippen molar-refractivity contribution in [2.24, 2.45) is 0 Å². The average molecular weight is 251 g/mol. The minimum atomic E-state index is -1.76. The molecule has 0 fully saturated rings. The van der Waals surface area contributed by atoms with Crippen molar-refractivity contribution >= 4 is 25.3 Å². The van der Waals surface area contributed by atoms with Crippen molar-refractivity contribution in [1.82, 2.24) is 0 Å². The maximum Gasteiger partial charge on any atom is 0.0467 e. The van der Waals surface area contributed by atoms with E-state index in [0.717, 1.165) is 12.6 Å². The Balaban J connectivity index is 2.44. The molecule has 2 rings (SSSR count). The Hall–Kier alpha value is -1.33. The van der Waals surface area contributed by atoms with Crippen molar-refractivity contribution in [3.63, 3.8) is 0 Å². The molecule has 0 spiro atoms. The molecular weight excluding hydrogens is 234 g/mol. The molecule has 0 saturated carbocycles. The Bertz CT molecular complexity index is 454. The van der Waals surface area contributed by atoms with Crippen LogP contribution in [0.5, 0.6) is 0 Å². The highest BCUT2D eigenvalue weighted by Crippen LogP contribution is 2.51. The molecule has 3 radical (unpaired) electrons. The van der Waals surface area contributed by atoms with Crippen LogP contribution in [0.25, 0.3) is 0 Å². The Labute approximate surface area is 111 Å². The lowest BCUT2D eigenvalue weighted by atomic mass is 10.4. The van der Waals surface area contributed by atoms with Gasteiger partial charge in [-0.15, -0.1) is 6.58 Å². The molecule has 2 aromatic rings. The van der Waals surface area contributed by atoms with Crippen LogP contribution in [0.15, 0.2) is 73.3 Å². The van der Waals surface area contributed by atoms with Crippen LogP contribution in [0.2, 0.25) is 0 Å². The fourth-order valence-corrected chi connectivity index (χ4v) is 4.90. The molecule has 0 heterocycles. The van der Waals surface area contributed by atoms with Crippen molar-refractivity contribution in [1.29, 1.82) is 0 Å². The lowest BCUT2D eigenvalue weighted by Crippen LogP contribution is -2.24. The van der Waals surface area contributed by atoms with Gasteiger partial charge in [0.1, 0.15) is 0 Å². The molecule has 89 valence electrons. The van der Waals surface area contributed by atoms with Crippen LogP contribution in [0.4, 0.5) is 0 Å². The first-order valence-electron chi connectivity index (χ1n) is 6.16. The average Bonchev–Trinajstić information content (AvgIpc) is 2.46. The number of rotatable bonds is 5. The van der Waals surface area contributed by atoms with E-state index in [1.165, 1.54) is 10.6 Å². The first-order chi connectivity index (χ1) is 8.77. The van der Waals surface area contributed by atoms with Crippen LogP contribution in [-0.4, -0.2) is 13.7 Å². The van der Waals surface area contributed by atoms with Gasteiger partial charge in [0.25, 0.3) is 0 Å². The van der Waals surface area contributed by atoms with Crippen molar-refractivity contribution < 1.29 is 0 Å². The van der Waals surface area contributed by atoms with Gasteiger partial charge < -0.3 is 0 Å². The summed E-state index contributed by atoms with van der Waals surface area (Å²) in [5.41, 5.74) is 0. The number of hydrogen-bond donors (Lipinski definition) is 0. The van der Waals surface area contributed by atoms with E-state index in [2.05, 4.69) is 55.1 Å². The smallest absolute Gasteiger partial charge is 0.0467 e. The molecule has 0 aliphatic carbocycles. The standard InChI is InChI=1S/C16H17BP/c1-2-3-14-18(17,15-10-6-4-7-11-15)16-12-8-5-9-13-16/h2,4-13H,1,3,14H2. The molecule has 0 bridgehead atoms. The van der Waals surface area contributed by atoms with E-state index in [9.17, 15) is 0 Å². The normalized spacial score (nSPS) is 11.2. The third-order valence-corrected chi connectivity index (χ3v) is 6.52. The van der Waals surface area contributed by atoms with E-state index in [4.69, 9.17) is 7.57 Å². The predicted molar refractivity (Wildman–Crippen MR) is 84.5 cm³/mol. The minimum absolute atomic E-state index is 0.952. The van der Waals surface area contributed by atoms with Gasteiger partial charge in [-0.2, -0.15) is 7.14 Å². The quantitative estimate of drug-likeness (QED) is 0.434. The summed E-state index contributed by atoms with van der Waals surface area (Å²) in [5, 5.41) is 2.52. The van der Waals surface area contributed by atoms with Gasteiger partial charge in [0.05, 0.1) is 0 Å². The third kappa shape index (κ3) is 2.74. The Morgan fingerprint density at radius 1 is 0.889 bits per heavy atom.